The van der Waals surface area contributed by atoms with E-state index in [-0.39, 0.29) is 12.5 Å². The number of nitrogens with two attached hydrogens (primary N) is 1. The third-order valence-corrected chi connectivity index (χ3v) is 0.451. The fourth-order valence-electron chi connectivity index (χ4n) is 0.271. The van der Waals surface area contributed by atoms with Crippen LogP contribution in [0.5, 0.6) is 0 Å². The molecule has 3 N–H and O–H groups in total. The molecule has 11 heavy (non-hydrogen) atoms. The average Bonchev–Trinajstić information content (AvgIpc) is 1.56. The van der Waals surface area contributed by atoms with Crippen LogP contribution < -0.4 is 5.73 Å². The summed E-state index contributed by atoms with van der Waals surface area (Å²) in [5.41, 5.74) is 4.47. The maximum absolute atomic E-state index is 9.77. The quantitative estimate of drug-likeness (QED) is 0.552. The molecule has 0 aliphatic heterocycles. The number of rotatable bonds is 2. The van der Waals surface area contributed by atoms with Crippen LogP contribution in [-0.4, -0.2) is 42.5 Å². The summed E-state index contributed by atoms with van der Waals surface area (Å²) < 4.78 is 0. The second-order valence-corrected chi connectivity index (χ2v) is 2.24. The predicted molar refractivity (Wildman–Crippen MR) is 41.1 cm³/mol. The number of hydrogen-bond acceptors (Lipinski definition) is 3. The largest absolute Gasteiger partial charge is 0.480 e. The number of aliphatic carboxylic acids is 1. The van der Waals surface area contributed by atoms with Crippen molar-refractivity contribution in [1.29, 1.82) is 0 Å². The van der Waals surface area contributed by atoms with Crippen LogP contribution in [0.4, 0.5) is 0 Å². The van der Waals surface area contributed by atoms with Crippen LogP contribution in [0.2, 0.25) is 0 Å². The van der Waals surface area contributed by atoms with Crippen molar-refractivity contribution in [1.82, 2.24) is 4.90 Å². The zero-order valence-corrected chi connectivity index (χ0v) is 7.00. The first kappa shape index (κ1) is 12.6. The van der Waals surface area contributed by atoms with E-state index in [1.807, 2.05) is 0 Å². The van der Waals surface area contributed by atoms with E-state index in [0.717, 1.165) is 0 Å². The molecule has 0 aliphatic carbocycles. The summed E-state index contributed by atoms with van der Waals surface area (Å²) in [6.07, 6.45) is 0. The Morgan fingerprint density at radius 3 is 1.73 bits per heavy atom. The predicted octanol–water partition coefficient (Wildman–Crippen LogP) is -0.876. The number of likely N-dealkylation sites (N-methyl/N-ethyl adjacent to an activating group) is 1. The third kappa shape index (κ3) is 50.4. The summed E-state index contributed by atoms with van der Waals surface area (Å²) in [7, 11) is 3.43. The van der Waals surface area contributed by atoms with Crippen LogP contribution in [0, 0.1) is 0 Å². The van der Waals surface area contributed by atoms with Gasteiger partial charge in [-0.2, -0.15) is 0 Å². The van der Waals surface area contributed by atoms with Crippen molar-refractivity contribution in [3.8, 4) is 0 Å². The summed E-state index contributed by atoms with van der Waals surface area (Å²) in [5, 5.41) is 8.04. The van der Waals surface area contributed by atoms with Crippen LogP contribution in [0.25, 0.3) is 0 Å². The molecule has 0 aromatic heterocycles. The number of amides is 1. The lowest BCUT2D eigenvalue weighted by atomic mass is 10.6. The van der Waals surface area contributed by atoms with E-state index in [2.05, 4.69) is 5.73 Å². The normalized spacial score (nSPS) is 8.36. The first-order valence-corrected chi connectivity index (χ1v) is 2.98. The van der Waals surface area contributed by atoms with E-state index in [0.29, 0.717) is 0 Å². The Morgan fingerprint density at radius 1 is 1.45 bits per heavy atom. The Balaban J connectivity index is 0. The molecular formula is C6H14N2O3. The topological polar surface area (TPSA) is 83.6 Å². The second kappa shape index (κ2) is 7.01. The van der Waals surface area contributed by atoms with Crippen LogP contribution in [0.1, 0.15) is 6.92 Å². The molecule has 1 amide bonds. The lowest BCUT2D eigenvalue weighted by Gasteiger charge is -2.01. The van der Waals surface area contributed by atoms with Crippen molar-refractivity contribution >= 4 is 11.9 Å². The Hall–Kier alpha value is -1.10. The van der Waals surface area contributed by atoms with Crippen LogP contribution in [0.3, 0.4) is 0 Å². The summed E-state index contributed by atoms with van der Waals surface area (Å²) in [6, 6.07) is 0. The Bertz CT molecular complexity index is 130. The number of carboxylic acids is 1. The van der Waals surface area contributed by atoms with Gasteiger partial charge in [0.25, 0.3) is 0 Å². The first-order chi connectivity index (χ1) is 4.86. The van der Waals surface area contributed by atoms with Crippen molar-refractivity contribution in [3.63, 3.8) is 0 Å². The van der Waals surface area contributed by atoms with Crippen LogP contribution in [-0.2, 0) is 9.59 Å². The van der Waals surface area contributed by atoms with Crippen molar-refractivity contribution in [3.05, 3.63) is 0 Å². The average molecular weight is 162 g/mol. The molecule has 0 bridgehead atoms. The van der Waals surface area contributed by atoms with E-state index in [1.54, 1.807) is 19.0 Å². The van der Waals surface area contributed by atoms with Crippen molar-refractivity contribution < 1.29 is 14.7 Å². The molecule has 0 spiro atoms. The highest BCUT2D eigenvalue weighted by atomic mass is 16.4. The number of carboxylic acid groups (broad SMARTS) is 1. The molecule has 0 unspecified atom stereocenters. The molecule has 0 heterocycles. The molecule has 0 atom stereocenters. The smallest absolute Gasteiger partial charge is 0.317 e. The van der Waals surface area contributed by atoms with Gasteiger partial charge in [0.05, 0.1) is 6.54 Å². The standard InChI is InChI=1S/C4H9NO2.C2H5NO/c1-5(2)3-4(6)7;1-2(3)4/h3H2,1-2H3,(H,6,7);1H3,(H2,3,4). The van der Waals surface area contributed by atoms with Gasteiger partial charge in [-0.25, -0.2) is 0 Å². The zero-order chi connectivity index (χ0) is 9.44. The molecule has 0 aliphatic rings. The van der Waals surface area contributed by atoms with Crippen molar-refractivity contribution in [2.45, 2.75) is 6.92 Å². The Kier molecular flexibility index (Phi) is 8.01. The number of carbonyl (C=O) groups is 2. The minimum absolute atomic E-state index is 0.111. The first-order valence-electron chi connectivity index (χ1n) is 2.98. The van der Waals surface area contributed by atoms with Gasteiger partial charge in [0, 0.05) is 6.92 Å². The summed E-state index contributed by atoms with van der Waals surface area (Å²) in [5.74, 6) is -1.12. The fourth-order valence-corrected chi connectivity index (χ4v) is 0.271. The van der Waals surface area contributed by atoms with E-state index < -0.39 is 5.97 Å². The molecule has 0 radical (unpaired) electrons. The number of primary amides is 1. The zero-order valence-electron chi connectivity index (χ0n) is 7.00. The van der Waals surface area contributed by atoms with Gasteiger partial charge in [-0.3, -0.25) is 14.5 Å². The van der Waals surface area contributed by atoms with Gasteiger partial charge in [0.1, 0.15) is 0 Å². The van der Waals surface area contributed by atoms with E-state index in [1.165, 1.54) is 6.92 Å². The van der Waals surface area contributed by atoms with Gasteiger partial charge in [0.2, 0.25) is 5.91 Å². The molecule has 0 saturated carbocycles. The molecule has 5 heteroatoms. The summed E-state index contributed by atoms with van der Waals surface area (Å²) >= 11 is 0. The Morgan fingerprint density at radius 2 is 1.73 bits per heavy atom. The highest BCUT2D eigenvalue weighted by molar-refractivity contribution is 5.70. The second-order valence-electron chi connectivity index (χ2n) is 2.24. The summed E-state index contributed by atoms with van der Waals surface area (Å²) in [4.78, 5) is 20.6. The van der Waals surface area contributed by atoms with E-state index >= 15 is 0 Å². The molecule has 0 aromatic rings. The summed E-state index contributed by atoms with van der Waals surface area (Å²) in [6.45, 7) is 1.42. The lowest BCUT2D eigenvalue weighted by molar-refractivity contribution is -0.137. The van der Waals surface area contributed by atoms with Gasteiger partial charge in [-0.1, -0.05) is 0 Å². The number of carbonyl (C=O) groups excluding carboxylic acids is 1. The van der Waals surface area contributed by atoms with Crippen molar-refractivity contribution in [2.75, 3.05) is 20.6 Å². The van der Waals surface area contributed by atoms with Gasteiger partial charge in [-0.05, 0) is 14.1 Å². The number of nitrogens with zero attached hydrogens (tertiary/aromatic N) is 1. The van der Waals surface area contributed by atoms with Gasteiger partial charge < -0.3 is 10.8 Å². The van der Waals surface area contributed by atoms with Crippen LogP contribution >= 0.6 is 0 Å². The Labute approximate surface area is 65.8 Å². The molecular weight excluding hydrogens is 148 g/mol. The third-order valence-electron chi connectivity index (χ3n) is 0.451. The van der Waals surface area contributed by atoms with Gasteiger partial charge >= 0.3 is 5.97 Å². The monoisotopic (exact) mass is 162 g/mol. The van der Waals surface area contributed by atoms with Gasteiger partial charge in [0.15, 0.2) is 0 Å². The molecule has 0 aromatic carbocycles. The fraction of sp³-hybridized carbons (Fsp3) is 0.667. The molecule has 0 saturated heterocycles. The molecule has 5 nitrogen and oxygen atoms in total. The van der Waals surface area contributed by atoms with E-state index in [4.69, 9.17) is 5.11 Å². The highest BCUT2D eigenvalue weighted by Crippen LogP contribution is 1.69. The minimum atomic E-state index is -0.787. The number of hydrogen-bond donors (Lipinski definition) is 2. The lowest BCUT2D eigenvalue weighted by Crippen LogP contribution is -2.20. The molecule has 0 fully saturated rings. The maximum Gasteiger partial charge on any atom is 0.317 e. The minimum Gasteiger partial charge on any atom is -0.480 e. The highest BCUT2D eigenvalue weighted by Gasteiger charge is 1.94. The van der Waals surface area contributed by atoms with Gasteiger partial charge in [-0.15, -0.1) is 0 Å². The molecule has 0 rings (SSSR count). The van der Waals surface area contributed by atoms with E-state index in [9.17, 15) is 9.59 Å². The SMILES string of the molecule is CC(N)=O.CN(C)CC(=O)O. The van der Waals surface area contributed by atoms with Crippen LogP contribution in [0.15, 0.2) is 0 Å². The van der Waals surface area contributed by atoms with Crippen molar-refractivity contribution in [2.24, 2.45) is 5.73 Å². The maximum atomic E-state index is 9.77. The molecule has 66 valence electrons.